The minimum Gasteiger partial charge on any atom is -0.322 e. The van der Waals surface area contributed by atoms with E-state index in [0.29, 0.717) is 18.5 Å². The zero-order valence-corrected chi connectivity index (χ0v) is 13.6. The molecule has 0 radical (unpaired) electrons. The number of alkyl halides is 1. The Morgan fingerprint density at radius 1 is 1.29 bits per heavy atom. The first-order valence-corrected chi connectivity index (χ1v) is 8.45. The highest BCUT2D eigenvalue weighted by molar-refractivity contribution is 14.1. The topological polar surface area (TPSA) is 66.5 Å². The first-order valence-electron chi connectivity index (χ1n) is 6.92. The van der Waals surface area contributed by atoms with E-state index in [4.69, 9.17) is 0 Å². The van der Waals surface area contributed by atoms with Crippen LogP contribution >= 0.6 is 22.6 Å². The number of hydrogen-bond donors (Lipinski definition) is 1. The summed E-state index contributed by atoms with van der Waals surface area (Å²) in [5, 5.41) is 2.31. The normalized spacial score (nSPS) is 21.5. The van der Waals surface area contributed by atoms with E-state index in [1.54, 1.807) is 4.90 Å². The van der Waals surface area contributed by atoms with Gasteiger partial charge in [0.2, 0.25) is 11.8 Å². The second kappa shape index (κ2) is 5.75. The number of nitrogens with one attached hydrogen (secondary N) is 1. The zero-order valence-electron chi connectivity index (χ0n) is 11.4. The number of piperidine rings is 1. The predicted molar refractivity (Wildman–Crippen MR) is 85.1 cm³/mol. The summed E-state index contributed by atoms with van der Waals surface area (Å²) in [6, 6.07) is 5.35. The van der Waals surface area contributed by atoms with Crippen molar-refractivity contribution in [2.75, 3.05) is 4.43 Å². The average Bonchev–Trinajstić information content (AvgIpc) is 2.76. The van der Waals surface area contributed by atoms with Crippen molar-refractivity contribution in [2.45, 2.75) is 31.8 Å². The van der Waals surface area contributed by atoms with Crippen LogP contribution in [0, 0.1) is 0 Å². The van der Waals surface area contributed by atoms with Crippen LogP contribution in [0.1, 0.15) is 34.3 Å². The molecule has 21 heavy (non-hydrogen) atoms. The Bertz CT molecular complexity index is 629. The van der Waals surface area contributed by atoms with Gasteiger partial charge < -0.3 is 4.90 Å². The molecule has 1 unspecified atom stereocenters. The molecule has 110 valence electrons. The molecule has 1 N–H and O–H groups in total. The molecule has 0 bridgehead atoms. The molecule has 2 aliphatic heterocycles. The summed E-state index contributed by atoms with van der Waals surface area (Å²) in [5.74, 6) is -0.731. The van der Waals surface area contributed by atoms with Gasteiger partial charge in [-0.1, -0.05) is 34.7 Å². The molecule has 1 atom stereocenters. The Kier molecular flexibility index (Phi) is 3.97. The summed E-state index contributed by atoms with van der Waals surface area (Å²) >= 11 is 2.32. The number of nitrogens with zero attached hydrogens (tertiary/aromatic N) is 1. The zero-order chi connectivity index (χ0) is 15.0. The number of aryl methyl sites for hydroxylation is 1. The van der Waals surface area contributed by atoms with Gasteiger partial charge in [-0.15, -0.1) is 0 Å². The molecular formula is C15H15IN2O3. The van der Waals surface area contributed by atoms with Crippen LogP contribution in [0.3, 0.4) is 0 Å². The monoisotopic (exact) mass is 398 g/mol. The van der Waals surface area contributed by atoms with E-state index in [1.165, 1.54) is 5.56 Å². The van der Waals surface area contributed by atoms with Gasteiger partial charge in [0.05, 0.1) is 0 Å². The van der Waals surface area contributed by atoms with Crippen LogP contribution in [0.15, 0.2) is 18.2 Å². The number of imide groups is 1. The molecule has 1 aromatic carbocycles. The fourth-order valence-corrected chi connectivity index (χ4v) is 3.52. The SMILES string of the molecule is O=C1CCC(N2Cc3cc(CCI)ccc3C2=O)C(=O)N1. The second-order valence-corrected chi connectivity index (χ2v) is 6.41. The lowest BCUT2D eigenvalue weighted by Crippen LogP contribution is -2.52. The Morgan fingerprint density at radius 2 is 2.10 bits per heavy atom. The van der Waals surface area contributed by atoms with Gasteiger partial charge in [-0.05, 0) is 30.0 Å². The molecule has 2 aliphatic rings. The van der Waals surface area contributed by atoms with Crippen LogP contribution in [0.4, 0.5) is 0 Å². The molecule has 0 aromatic heterocycles. The Hall–Kier alpha value is -1.44. The molecule has 0 spiro atoms. The van der Waals surface area contributed by atoms with Crippen LogP contribution in [0.2, 0.25) is 0 Å². The molecule has 1 aromatic rings. The molecule has 2 heterocycles. The lowest BCUT2D eigenvalue weighted by Gasteiger charge is -2.29. The van der Waals surface area contributed by atoms with Gasteiger partial charge in [0.15, 0.2) is 0 Å². The van der Waals surface area contributed by atoms with Crippen molar-refractivity contribution in [2.24, 2.45) is 0 Å². The van der Waals surface area contributed by atoms with E-state index >= 15 is 0 Å². The van der Waals surface area contributed by atoms with Crippen molar-refractivity contribution in [1.29, 1.82) is 0 Å². The molecule has 6 heteroatoms. The second-order valence-electron chi connectivity index (χ2n) is 5.33. The van der Waals surface area contributed by atoms with Gasteiger partial charge in [0.25, 0.3) is 5.91 Å². The molecule has 3 amide bonds. The highest BCUT2D eigenvalue weighted by atomic mass is 127. The number of benzene rings is 1. The largest absolute Gasteiger partial charge is 0.322 e. The van der Waals surface area contributed by atoms with Crippen LogP contribution < -0.4 is 5.32 Å². The fraction of sp³-hybridized carbons (Fsp3) is 0.400. The molecule has 5 nitrogen and oxygen atoms in total. The van der Waals surface area contributed by atoms with E-state index in [0.717, 1.165) is 16.4 Å². The molecule has 0 saturated carbocycles. The van der Waals surface area contributed by atoms with Crippen molar-refractivity contribution < 1.29 is 14.4 Å². The van der Waals surface area contributed by atoms with Crippen LogP contribution in [0.25, 0.3) is 0 Å². The standard InChI is InChI=1S/C15H15IN2O3/c16-6-5-9-1-2-11-10(7-9)8-18(15(11)21)12-3-4-13(19)17-14(12)20/h1-2,7,12H,3-6,8H2,(H,17,19,20). The summed E-state index contributed by atoms with van der Waals surface area (Å²) in [5.41, 5.74) is 2.87. The van der Waals surface area contributed by atoms with E-state index in [2.05, 4.69) is 34.0 Å². The Labute approximate surface area is 136 Å². The molecule has 1 fully saturated rings. The van der Waals surface area contributed by atoms with Crippen molar-refractivity contribution in [3.63, 3.8) is 0 Å². The van der Waals surface area contributed by atoms with Gasteiger partial charge in [-0.25, -0.2) is 0 Å². The number of halogens is 1. The summed E-state index contributed by atoms with van der Waals surface area (Å²) in [6.07, 6.45) is 1.67. The Balaban J connectivity index is 1.83. The smallest absolute Gasteiger partial charge is 0.255 e. The van der Waals surface area contributed by atoms with Gasteiger partial charge in [-0.3, -0.25) is 19.7 Å². The third-order valence-electron chi connectivity index (χ3n) is 3.97. The fourth-order valence-electron chi connectivity index (χ4n) is 2.89. The maximum Gasteiger partial charge on any atom is 0.255 e. The summed E-state index contributed by atoms with van der Waals surface area (Å²) in [4.78, 5) is 37.2. The van der Waals surface area contributed by atoms with Gasteiger partial charge >= 0.3 is 0 Å². The molecule has 1 saturated heterocycles. The van der Waals surface area contributed by atoms with E-state index in [-0.39, 0.29) is 24.1 Å². The number of hydrogen-bond acceptors (Lipinski definition) is 3. The first kappa shape index (κ1) is 14.5. The predicted octanol–water partition coefficient (Wildman–Crippen LogP) is 1.43. The van der Waals surface area contributed by atoms with Gasteiger partial charge in [-0.2, -0.15) is 0 Å². The summed E-state index contributed by atoms with van der Waals surface area (Å²) in [6.45, 7) is 0.454. The number of carbonyl (C=O) groups excluding carboxylic acids is 3. The van der Waals surface area contributed by atoms with Crippen LogP contribution in [-0.4, -0.2) is 33.1 Å². The lowest BCUT2D eigenvalue weighted by atomic mass is 10.0. The third-order valence-corrected chi connectivity index (χ3v) is 4.51. The molecule has 0 aliphatic carbocycles. The first-order chi connectivity index (χ1) is 10.1. The van der Waals surface area contributed by atoms with Crippen molar-refractivity contribution in [3.8, 4) is 0 Å². The van der Waals surface area contributed by atoms with E-state index in [1.807, 2.05) is 12.1 Å². The third kappa shape index (κ3) is 2.68. The maximum absolute atomic E-state index is 12.5. The number of carbonyl (C=O) groups is 3. The highest BCUT2D eigenvalue weighted by Gasteiger charge is 2.38. The van der Waals surface area contributed by atoms with E-state index in [9.17, 15) is 14.4 Å². The van der Waals surface area contributed by atoms with Crippen molar-refractivity contribution in [3.05, 3.63) is 34.9 Å². The minimum atomic E-state index is -0.532. The minimum absolute atomic E-state index is 0.111. The number of rotatable bonds is 3. The number of fused-ring (bicyclic) bond motifs is 1. The molecular weight excluding hydrogens is 383 g/mol. The summed E-state index contributed by atoms with van der Waals surface area (Å²) < 4.78 is 1.03. The maximum atomic E-state index is 12.5. The van der Waals surface area contributed by atoms with E-state index < -0.39 is 6.04 Å². The molecule has 3 rings (SSSR count). The van der Waals surface area contributed by atoms with Crippen LogP contribution in [-0.2, 0) is 22.6 Å². The van der Waals surface area contributed by atoms with Crippen LogP contribution in [0.5, 0.6) is 0 Å². The quantitative estimate of drug-likeness (QED) is 0.476. The van der Waals surface area contributed by atoms with Crippen molar-refractivity contribution in [1.82, 2.24) is 10.2 Å². The lowest BCUT2D eigenvalue weighted by molar-refractivity contribution is -0.136. The Morgan fingerprint density at radius 3 is 2.81 bits per heavy atom. The highest BCUT2D eigenvalue weighted by Crippen LogP contribution is 2.28. The average molecular weight is 398 g/mol. The van der Waals surface area contributed by atoms with Gasteiger partial charge in [0, 0.05) is 23.0 Å². The summed E-state index contributed by atoms with van der Waals surface area (Å²) in [7, 11) is 0. The number of amides is 3. The van der Waals surface area contributed by atoms with Gasteiger partial charge in [0.1, 0.15) is 6.04 Å². The van der Waals surface area contributed by atoms with Crippen molar-refractivity contribution >= 4 is 40.3 Å².